The van der Waals surface area contributed by atoms with Gasteiger partial charge < -0.3 is 9.67 Å². The molecular formula is C17H12F3NO2. The molecule has 6 heteroatoms. The van der Waals surface area contributed by atoms with Crippen LogP contribution in [0.5, 0.6) is 0 Å². The Labute approximate surface area is 129 Å². The Kier molecular flexibility index (Phi) is 3.60. The first kappa shape index (κ1) is 15.1. The number of carboxylic acid groups (broad SMARTS) is 1. The molecule has 0 unspecified atom stereocenters. The van der Waals surface area contributed by atoms with Gasteiger partial charge in [-0.25, -0.2) is 4.79 Å². The van der Waals surface area contributed by atoms with E-state index in [1.165, 1.54) is 16.7 Å². The molecule has 1 N–H and O–H groups in total. The van der Waals surface area contributed by atoms with Gasteiger partial charge in [-0.2, -0.15) is 13.2 Å². The van der Waals surface area contributed by atoms with E-state index in [1.54, 1.807) is 30.3 Å². The average molecular weight is 319 g/mol. The Morgan fingerprint density at radius 3 is 2.48 bits per heavy atom. The Morgan fingerprint density at radius 1 is 1.04 bits per heavy atom. The number of carbonyl (C=O) groups is 1. The molecule has 0 radical (unpaired) electrons. The molecule has 3 aromatic rings. The number of hydrogen-bond donors (Lipinski definition) is 1. The van der Waals surface area contributed by atoms with Crippen molar-refractivity contribution in [2.24, 2.45) is 0 Å². The van der Waals surface area contributed by atoms with Crippen LogP contribution in [0.2, 0.25) is 0 Å². The molecular weight excluding hydrogens is 307 g/mol. The van der Waals surface area contributed by atoms with Crippen LogP contribution in [0.15, 0.2) is 54.6 Å². The zero-order valence-corrected chi connectivity index (χ0v) is 11.8. The lowest BCUT2D eigenvalue weighted by Gasteiger charge is -2.11. The summed E-state index contributed by atoms with van der Waals surface area (Å²) in [6.07, 6.45) is -4.43. The number of fused-ring (bicyclic) bond motifs is 1. The molecule has 1 aromatic heterocycles. The minimum absolute atomic E-state index is 0.0450. The molecule has 0 amide bonds. The summed E-state index contributed by atoms with van der Waals surface area (Å²) >= 11 is 0. The molecule has 0 atom stereocenters. The lowest BCUT2D eigenvalue weighted by Crippen LogP contribution is -2.10. The molecule has 0 fully saturated rings. The molecule has 0 aliphatic rings. The molecule has 118 valence electrons. The van der Waals surface area contributed by atoms with E-state index in [0.717, 1.165) is 17.5 Å². The summed E-state index contributed by atoms with van der Waals surface area (Å²) in [6, 6.07) is 13.5. The van der Waals surface area contributed by atoms with Gasteiger partial charge in [0, 0.05) is 17.4 Å². The minimum Gasteiger partial charge on any atom is -0.477 e. The Balaban J connectivity index is 2.08. The zero-order valence-electron chi connectivity index (χ0n) is 11.8. The first-order chi connectivity index (χ1) is 10.9. The number of para-hydroxylation sites is 1. The lowest BCUT2D eigenvalue weighted by atomic mass is 10.1. The molecule has 3 nitrogen and oxygen atoms in total. The highest BCUT2D eigenvalue weighted by atomic mass is 19.4. The highest BCUT2D eigenvalue weighted by Gasteiger charge is 2.30. The summed E-state index contributed by atoms with van der Waals surface area (Å²) < 4.78 is 39.9. The summed E-state index contributed by atoms with van der Waals surface area (Å²) in [7, 11) is 0. The van der Waals surface area contributed by atoms with Crippen LogP contribution in [0.1, 0.15) is 21.6 Å². The molecule has 23 heavy (non-hydrogen) atoms. The third-order valence-electron chi connectivity index (χ3n) is 3.62. The Morgan fingerprint density at radius 2 is 1.78 bits per heavy atom. The van der Waals surface area contributed by atoms with Crippen LogP contribution in [0.25, 0.3) is 10.9 Å². The van der Waals surface area contributed by atoms with Gasteiger partial charge >= 0.3 is 12.1 Å². The standard InChI is InChI=1S/C17H12F3NO2/c18-17(19,20)13-6-3-4-11(8-13)10-21-14-7-2-1-5-12(14)9-15(21)16(22)23/h1-9H,10H2,(H,22,23). The van der Waals surface area contributed by atoms with Crippen LogP contribution in [-0.2, 0) is 12.7 Å². The predicted molar refractivity (Wildman–Crippen MR) is 79.4 cm³/mol. The van der Waals surface area contributed by atoms with Crippen LogP contribution in [0, 0.1) is 0 Å². The fraction of sp³-hybridized carbons (Fsp3) is 0.118. The van der Waals surface area contributed by atoms with Crippen LogP contribution in [0.4, 0.5) is 13.2 Å². The fourth-order valence-electron chi connectivity index (χ4n) is 2.59. The van der Waals surface area contributed by atoms with Crippen LogP contribution in [0.3, 0.4) is 0 Å². The Hall–Kier alpha value is -2.76. The first-order valence-corrected chi connectivity index (χ1v) is 6.84. The monoisotopic (exact) mass is 319 g/mol. The number of benzene rings is 2. The van der Waals surface area contributed by atoms with E-state index < -0.39 is 17.7 Å². The average Bonchev–Trinajstić information content (AvgIpc) is 2.86. The molecule has 0 aliphatic carbocycles. The van der Waals surface area contributed by atoms with Crippen molar-refractivity contribution in [1.82, 2.24) is 4.57 Å². The van der Waals surface area contributed by atoms with Gasteiger partial charge in [0.05, 0.1) is 5.56 Å². The maximum atomic E-state index is 12.8. The number of aromatic carboxylic acids is 1. The number of nitrogens with zero attached hydrogens (tertiary/aromatic N) is 1. The van der Waals surface area contributed by atoms with Crippen LogP contribution >= 0.6 is 0 Å². The van der Waals surface area contributed by atoms with E-state index in [9.17, 15) is 23.1 Å². The number of carboxylic acids is 1. The van der Waals surface area contributed by atoms with Crippen LogP contribution in [-0.4, -0.2) is 15.6 Å². The van der Waals surface area contributed by atoms with Gasteiger partial charge in [0.15, 0.2) is 0 Å². The molecule has 0 aliphatic heterocycles. The number of halogens is 3. The van der Waals surface area contributed by atoms with Crippen molar-refractivity contribution < 1.29 is 23.1 Å². The van der Waals surface area contributed by atoms with E-state index in [4.69, 9.17) is 0 Å². The number of aromatic nitrogens is 1. The van der Waals surface area contributed by atoms with Gasteiger partial charge in [-0.1, -0.05) is 30.3 Å². The van der Waals surface area contributed by atoms with Gasteiger partial charge in [0.2, 0.25) is 0 Å². The third-order valence-corrected chi connectivity index (χ3v) is 3.62. The summed E-state index contributed by atoms with van der Waals surface area (Å²) in [6.45, 7) is 0.0546. The van der Waals surface area contributed by atoms with Crippen molar-refractivity contribution in [3.05, 3.63) is 71.4 Å². The highest BCUT2D eigenvalue weighted by Crippen LogP contribution is 2.30. The van der Waals surface area contributed by atoms with Crippen molar-refractivity contribution in [3.8, 4) is 0 Å². The van der Waals surface area contributed by atoms with E-state index in [-0.39, 0.29) is 12.2 Å². The first-order valence-electron chi connectivity index (χ1n) is 6.84. The lowest BCUT2D eigenvalue weighted by molar-refractivity contribution is -0.137. The smallest absolute Gasteiger partial charge is 0.416 e. The topological polar surface area (TPSA) is 42.2 Å². The SMILES string of the molecule is O=C(O)c1cc2ccccc2n1Cc1cccc(C(F)(F)F)c1. The number of rotatable bonds is 3. The molecule has 0 saturated heterocycles. The second-order valence-corrected chi connectivity index (χ2v) is 5.18. The molecule has 0 saturated carbocycles. The van der Waals surface area contributed by atoms with Gasteiger partial charge in [-0.15, -0.1) is 0 Å². The van der Waals surface area contributed by atoms with Crippen molar-refractivity contribution in [2.45, 2.75) is 12.7 Å². The van der Waals surface area contributed by atoms with Gasteiger partial charge in [0.25, 0.3) is 0 Å². The fourth-order valence-corrected chi connectivity index (χ4v) is 2.59. The largest absolute Gasteiger partial charge is 0.477 e. The van der Waals surface area contributed by atoms with Crippen molar-refractivity contribution in [2.75, 3.05) is 0 Å². The second kappa shape index (κ2) is 5.46. The summed E-state index contributed by atoms with van der Waals surface area (Å²) in [5, 5.41) is 10.1. The van der Waals surface area contributed by atoms with Crippen molar-refractivity contribution in [1.29, 1.82) is 0 Å². The molecule has 0 spiro atoms. The van der Waals surface area contributed by atoms with Crippen LogP contribution < -0.4 is 0 Å². The molecule has 0 bridgehead atoms. The van der Waals surface area contributed by atoms with Crippen molar-refractivity contribution >= 4 is 16.9 Å². The molecule has 3 rings (SSSR count). The highest BCUT2D eigenvalue weighted by molar-refractivity contribution is 5.94. The van der Waals surface area contributed by atoms with Gasteiger partial charge in [0.1, 0.15) is 5.69 Å². The third kappa shape index (κ3) is 2.92. The maximum absolute atomic E-state index is 12.8. The Bertz CT molecular complexity index is 881. The van der Waals surface area contributed by atoms with E-state index in [1.807, 2.05) is 0 Å². The summed E-state index contributed by atoms with van der Waals surface area (Å²) in [5.74, 6) is -1.12. The number of alkyl halides is 3. The summed E-state index contributed by atoms with van der Waals surface area (Å²) in [4.78, 5) is 11.4. The van der Waals surface area contributed by atoms with Gasteiger partial charge in [-0.3, -0.25) is 0 Å². The summed E-state index contributed by atoms with van der Waals surface area (Å²) in [5.41, 5.74) is 0.359. The van der Waals surface area contributed by atoms with Crippen molar-refractivity contribution in [3.63, 3.8) is 0 Å². The maximum Gasteiger partial charge on any atom is 0.416 e. The van der Waals surface area contributed by atoms with Gasteiger partial charge in [-0.05, 0) is 29.8 Å². The number of hydrogen-bond acceptors (Lipinski definition) is 1. The molecule has 1 heterocycles. The quantitative estimate of drug-likeness (QED) is 0.777. The zero-order chi connectivity index (χ0) is 16.6. The second-order valence-electron chi connectivity index (χ2n) is 5.18. The minimum atomic E-state index is -4.43. The normalized spacial score (nSPS) is 11.8. The van der Waals surface area contributed by atoms with E-state index in [0.29, 0.717) is 11.1 Å². The predicted octanol–water partition coefficient (Wildman–Crippen LogP) is 4.41. The van der Waals surface area contributed by atoms with E-state index >= 15 is 0 Å². The van der Waals surface area contributed by atoms with E-state index in [2.05, 4.69) is 0 Å². The molecule has 2 aromatic carbocycles.